The van der Waals surface area contributed by atoms with E-state index in [-0.39, 0.29) is 24.3 Å². The second-order valence-corrected chi connectivity index (χ2v) is 4.91. The third-order valence-corrected chi connectivity index (χ3v) is 3.70. The minimum atomic E-state index is -0.244. The van der Waals surface area contributed by atoms with E-state index in [0.29, 0.717) is 0 Å². The van der Waals surface area contributed by atoms with Crippen LogP contribution in [0, 0.1) is 0 Å². The quantitative estimate of drug-likeness (QED) is 0.850. The van der Waals surface area contributed by atoms with Crippen molar-refractivity contribution in [3.63, 3.8) is 0 Å². The summed E-state index contributed by atoms with van der Waals surface area (Å²) < 4.78 is 4.79. The summed E-state index contributed by atoms with van der Waals surface area (Å²) in [5, 5.41) is 2.16. The lowest BCUT2D eigenvalue weighted by molar-refractivity contribution is -0.141. The number of fused-ring (bicyclic) bond motifs is 1. The fourth-order valence-electron chi connectivity index (χ4n) is 2.47. The Morgan fingerprint density at radius 2 is 2.10 bits per heavy atom. The van der Waals surface area contributed by atoms with Gasteiger partial charge in [-0.05, 0) is 17.4 Å². The van der Waals surface area contributed by atoms with Crippen molar-refractivity contribution in [3.8, 4) is 0 Å². The molecule has 0 radical (unpaired) electrons. The fraction of sp³-hybridized carbons (Fsp3) is 0.375. The van der Waals surface area contributed by atoms with Gasteiger partial charge in [-0.3, -0.25) is 9.78 Å². The Morgan fingerprint density at radius 1 is 1.35 bits per heavy atom. The highest BCUT2D eigenvalue weighted by atomic mass is 16.5. The molecule has 1 aromatic carbocycles. The Kier molecular flexibility index (Phi) is 4.69. The van der Waals surface area contributed by atoms with Crippen LogP contribution < -0.4 is 5.73 Å². The number of hydrogen-bond acceptors (Lipinski definition) is 4. The molecule has 0 fully saturated rings. The average Bonchev–Trinajstić information content (AvgIpc) is 2.51. The standard InChI is InChI=1S/C16H20N2O2/c1-3-15(17)13(8-16(19)20-2)14-10-18-9-11-6-4-5-7-12(11)14/h4-7,9-10,13,15H,3,8,17H2,1-2H3. The van der Waals surface area contributed by atoms with Crippen molar-refractivity contribution in [2.75, 3.05) is 7.11 Å². The summed E-state index contributed by atoms with van der Waals surface area (Å²) >= 11 is 0. The summed E-state index contributed by atoms with van der Waals surface area (Å²) in [4.78, 5) is 15.9. The maximum Gasteiger partial charge on any atom is 0.306 e. The molecule has 0 amide bonds. The fourth-order valence-corrected chi connectivity index (χ4v) is 2.47. The van der Waals surface area contributed by atoms with Gasteiger partial charge in [0.05, 0.1) is 13.5 Å². The number of nitrogens with zero attached hydrogens (tertiary/aromatic N) is 1. The molecule has 0 aliphatic rings. The Morgan fingerprint density at radius 3 is 2.80 bits per heavy atom. The number of carbonyl (C=O) groups is 1. The highest BCUT2D eigenvalue weighted by molar-refractivity contribution is 5.85. The Labute approximate surface area is 119 Å². The van der Waals surface area contributed by atoms with Crippen molar-refractivity contribution in [3.05, 3.63) is 42.2 Å². The van der Waals surface area contributed by atoms with Crippen LogP contribution in [-0.4, -0.2) is 24.1 Å². The predicted octanol–water partition coefficient (Wildman–Crippen LogP) is 2.62. The van der Waals surface area contributed by atoms with Crippen LogP contribution >= 0.6 is 0 Å². The first-order chi connectivity index (χ1) is 9.67. The van der Waals surface area contributed by atoms with Crippen molar-refractivity contribution in [2.45, 2.75) is 31.7 Å². The van der Waals surface area contributed by atoms with Gasteiger partial charge in [0.25, 0.3) is 0 Å². The number of aromatic nitrogens is 1. The molecule has 2 rings (SSSR count). The summed E-state index contributed by atoms with van der Waals surface area (Å²) in [5.41, 5.74) is 7.22. The topological polar surface area (TPSA) is 65.2 Å². The molecule has 2 aromatic rings. The third kappa shape index (κ3) is 2.96. The van der Waals surface area contributed by atoms with Gasteiger partial charge in [0, 0.05) is 29.7 Å². The summed E-state index contributed by atoms with van der Waals surface area (Å²) in [5.74, 6) is -0.321. The van der Waals surface area contributed by atoms with E-state index in [4.69, 9.17) is 10.5 Å². The maximum absolute atomic E-state index is 11.7. The van der Waals surface area contributed by atoms with E-state index in [1.165, 1.54) is 7.11 Å². The third-order valence-electron chi connectivity index (χ3n) is 3.70. The molecular formula is C16H20N2O2. The molecule has 1 heterocycles. The SMILES string of the molecule is CCC(N)C(CC(=O)OC)c1cncc2ccccc12. The first kappa shape index (κ1) is 14.5. The van der Waals surface area contributed by atoms with E-state index < -0.39 is 0 Å². The van der Waals surface area contributed by atoms with Gasteiger partial charge in [-0.2, -0.15) is 0 Å². The van der Waals surface area contributed by atoms with Crippen molar-refractivity contribution >= 4 is 16.7 Å². The van der Waals surface area contributed by atoms with E-state index in [0.717, 1.165) is 22.8 Å². The molecule has 2 atom stereocenters. The summed E-state index contributed by atoms with van der Waals surface area (Å²) in [7, 11) is 1.40. The maximum atomic E-state index is 11.7. The smallest absolute Gasteiger partial charge is 0.306 e. The minimum Gasteiger partial charge on any atom is -0.469 e. The number of rotatable bonds is 5. The molecule has 2 N–H and O–H groups in total. The molecule has 4 nitrogen and oxygen atoms in total. The van der Waals surface area contributed by atoms with E-state index >= 15 is 0 Å². The molecule has 0 aliphatic heterocycles. The zero-order chi connectivity index (χ0) is 14.5. The van der Waals surface area contributed by atoms with Gasteiger partial charge in [0.15, 0.2) is 0 Å². The zero-order valence-corrected chi connectivity index (χ0v) is 11.9. The van der Waals surface area contributed by atoms with Crippen LogP contribution in [0.25, 0.3) is 10.8 Å². The zero-order valence-electron chi connectivity index (χ0n) is 11.9. The molecule has 0 bridgehead atoms. The Hall–Kier alpha value is -1.94. The molecule has 1 aromatic heterocycles. The van der Waals surface area contributed by atoms with Crippen LogP contribution in [0.3, 0.4) is 0 Å². The van der Waals surface area contributed by atoms with Crippen LogP contribution in [0.1, 0.15) is 31.2 Å². The molecule has 0 aliphatic carbocycles. The van der Waals surface area contributed by atoms with Crippen LogP contribution in [0.5, 0.6) is 0 Å². The van der Waals surface area contributed by atoms with Gasteiger partial charge in [-0.1, -0.05) is 31.2 Å². The number of carbonyl (C=O) groups excluding carboxylic acids is 1. The lowest BCUT2D eigenvalue weighted by atomic mass is 9.86. The second-order valence-electron chi connectivity index (χ2n) is 4.91. The number of benzene rings is 1. The van der Waals surface area contributed by atoms with Crippen LogP contribution in [0.15, 0.2) is 36.7 Å². The lowest BCUT2D eigenvalue weighted by Gasteiger charge is -2.23. The van der Waals surface area contributed by atoms with Crippen molar-refractivity contribution in [1.29, 1.82) is 0 Å². The van der Waals surface area contributed by atoms with Gasteiger partial charge in [0.1, 0.15) is 0 Å². The molecule has 0 spiro atoms. The minimum absolute atomic E-state index is 0.0777. The van der Waals surface area contributed by atoms with Crippen molar-refractivity contribution < 1.29 is 9.53 Å². The molecular weight excluding hydrogens is 252 g/mol. The highest BCUT2D eigenvalue weighted by Crippen LogP contribution is 2.30. The predicted molar refractivity (Wildman–Crippen MR) is 79.4 cm³/mol. The number of esters is 1. The van der Waals surface area contributed by atoms with Crippen LogP contribution in [-0.2, 0) is 9.53 Å². The molecule has 106 valence electrons. The van der Waals surface area contributed by atoms with E-state index in [9.17, 15) is 4.79 Å². The van der Waals surface area contributed by atoms with Crippen LogP contribution in [0.4, 0.5) is 0 Å². The van der Waals surface area contributed by atoms with Gasteiger partial charge in [-0.25, -0.2) is 0 Å². The molecule has 2 unspecified atom stereocenters. The number of methoxy groups -OCH3 is 1. The van der Waals surface area contributed by atoms with Gasteiger partial charge >= 0.3 is 5.97 Å². The molecule has 0 saturated carbocycles. The number of hydrogen-bond donors (Lipinski definition) is 1. The first-order valence-electron chi connectivity index (χ1n) is 6.82. The Balaban J connectivity index is 2.47. The second kappa shape index (κ2) is 6.48. The monoisotopic (exact) mass is 272 g/mol. The summed E-state index contributed by atoms with van der Waals surface area (Å²) in [6.07, 6.45) is 4.71. The van der Waals surface area contributed by atoms with E-state index in [2.05, 4.69) is 4.98 Å². The number of ether oxygens (including phenoxy) is 1. The largest absolute Gasteiger partial charge is 0.469 e. The average molecular weight is 272 g/mol. The summed E-state index contributed by atoms with van der Waals surface area (Å²) in [6, 6.07) is 7.92. The first-order valence-corrected chi connectivity index (χ1v) is 6.82. The molecule has 20 heavy (non-hydrogen) atoms. The highest BCUT2D eigenvalue weighted by Gasteiger charge is 2.24. The molecule has 4 heteroatoms. The van der Waals surface area contributed by atoms with Crippen molar-refractivity contribution in [1.82, 2.24) is 4.98 Å². The van der Waals surface area contributed by atoms with Gasteiger partial charge in [-0.15, -0.1) is 0 Å². The van der Waals surface area contributed by atoms with Gasteiger partial charge in [0.2, 0.25) is 0 Å². The lowest BCUT2D eigenvalue weighted by Crippen LogP contribution is -2.30. The van der Waals surface area contributed by atoms with Crippen LogP contribution in [0.2, 0.25) is 0 Å². The number of nitrogens with two attached hydrogens (primary N) is 1. The van der Waals surface area contributed by atoms with Crippen molar-refractivity contribution in [2.24, 2.45) is 5.73 Å². The van der Waals surface area contributed by atoms with E-state index in [1.54, 1.807) is 0 Å². The summed E-state index contributed by atoms with van der Waals surface area (Å²) in [6.45, 7) is 2.02. The molecule has 0 saturated heterocycles. The Bertz CT molecular complexity index is 593. The van der Waals surface area contributed by atoms with Gasteiger partial charge < -0.3 is 10.5 Å². The normalized spacial score (nSPS) is 13.9. The van der Waals surface area contributed by atoms with E-state index in [1.807, 2.05) is 43.6 Å². The number of pyridine rings is 1.